The molecule has 0 aromatic carbocycles. The number of aryl methyl sites for hydroxylation is 1. The van der Waals surface area contributed by atoms with Crippen LogP contribution in [0.5, 0.6) is 0 Å². The van der Waals surface area contributed by atoms with Crippen LogP contribution in [0.1, 0.15) is 23.8 Å². The number of nitrogen functional groups attached to an aromatic ring is 1. The number of anilines is 1. The van der Waals surface area contributed by atoms with Crippen LogP contribution in [-0.2, 0) is 16.1 Å². The fraction of sp³-hybridized carbons (Fsp3) is 0.500. The van der Waals surface area contributed by atoms with Crippen LogP contribution < -0.4 is 11.1 Å². The Balaban J connectivity index is 2.58. The molecule has 3 N–H and O–H groups in total. The molecule has 0 bridgehead atoms. The lowest BCUT2D eigenvalue weighted by Gasteiger charge is -2.06. The number of methoxy groups -OCH3 is 1. The van der Waals surface area contributed by atoms with Crippen molar-refractivity contribution in [3.05, 3.63) is 11.9 Å². The summed E-state index contributed by atoms with van der Waals surface area (Å²) in [6.07, 6.45) is 1.56. The van der Waals surface area contributed by atoms with Crippen LogP contribution in [0.4, 0.5) is 5.69 Å². The molecular weight excluding hydrogens is 224 g/mol. The van der Waals surface area contributed by atoms with Gasteiger partial charge >= 0.3 is 5.97 Å². The molecule has 1 rings (SSSR count). The summed E-state index contributed by atoms with van der Waals surface area (Å²) in [7, 11) is 1.30. The number of nitrogens with zero attached hydrogens (tertiary/aromatic N) is 2. The van der Waals surface area contributed by atoms with Gasteiger partial charge in [-0.05, 0) is 6.92 Å². The number of carbonyl (C=O) groups excluding carboxylic acids is 2. The van der Waals surface area contributed by atoms with Gasteiger partial charge in [-0.15, -0.1) is 0 Å². The fourth-order valence-electron chi connectivity index (χ4n) is 1.35. The van der Waals surface area contributed by atoms with Crippen molar-refractivity contribution >= 4 is 17.6 Å². The van der Waals surface area contributed by atoms with Gasteiger partial charge in [0, 0.05) is 13.1 Å². The van der Waals surface area contributed by atoms with Crippen molar-refractivity contribution in [3.63, 3.8) is 0 Å². The van der Waals surface area contributed by atoms with Crippen molar-refractivity contribution in [2.75, 3.05) is 19.4 Å². The third-order valence-electron chi connectivity index (χ3n) is 2.22. The average Bonchev–Trinajstić information content (AvgIpc) is 2.69. The maximum atomic E-state index is 11.8. The number of hydrogen-bond donors (Lipinski definition) is 2. The number of hydrogen-bond acceptors (Lipinski definition) is 5. The Bertz CT molecular complexity index is 414. The summed E-state index contributed by atoms with van der Waals surface area (Å²) >= 11 is 0. The molecule has 0 spiro atoms. The molecule has 0 radical (unpaired) electrons. The van der Waals surface area contributed by atoms with Crippen LogP contribution in [-0.4, -0.2) is 35.3 Å². The molecule has 94 valence electrons. The Morgan fingerprint density at radius 1 is 1.59 bits per heavy atom. The molecule has 0 saturated heterocycles. The number of amides is 1. The number of rotatable bonds is 5. The molecule has 0 aliphatic rings. The van der Waals surface area contributed by atoms with E-state index in [2.05, 4.69) is 15.2 Å². The van der Waals surface area contributed by atoms with E-state index in [9.17, 15) is 9.59 Å². The number of esters is 1. The molecule has 0 aliphatic carbocycles. The Morgan fingerprint density at radius 2 is 2.29 bits per heavy atom. The summed E-state index contributed by atoms with van der Waals surface area (Å²) in [6, 6.07) is 0. The van der Waals surface area contributed by atoms with Crippen molar-refractivity contribution in [1.29, 1.82) is 0 Å². The highest BCUT2D eigenvalue weighted by atomic mass is 16.5. The van der Waals surface area contributed by atoms with Gasteiger partial charge in [0.05, 0.1) is 25.4 Å². The minimum absolute atomic E-state index is 0.127. The number of carbonyl (C=O) groups is 2. The predicted octanol–water partition coefficient (Wildman–Crippen LogP) is -0.222. The van der Waals surface area contributed by atoms with Crippen molar-refractivity contribution < 1.29 is 14.3 Å². The van der Waals surface area contributed by atoms with Gasteiger partial charge in [0.25, 0.3) is 5.91 Å². The van der Waals surface area contributed by atoms with Crippen LogP contribution >= 0.6 is 0 Å². The SMILES string of the molecule is CCn1ncc(N)c1C(=O)NCCC(=O)OC. The number of nitrogens with two attached hydrogens (primary N) is 1. The molecule has 1 aromatic rings. The van der Waals surface area contributed by atoms with E-state index in [1.807, 2.05) is 6.92 Å². The molecule has 0 unspecified atom stereocenters. The van der Waals surface area contributed by atoms with E-state index in [0.29, 0.717) is 17.9 Å². The van der Waals surface area contributed by atoms with Gasteiger partial charge in [-0.1, -0.05) is 0 Å². The molecule has 1 aromatic heterocycles. The van der Waals surface area contributed by atoms with E-state index in [-0.39, 0.29) is 24.8 Å². The normalized spacial score (nSPS) is 10.0. The molecule has 1 amide bonds. The number of ether oxygens (including phenoxy) is 1. The highest BCUT2D eigenvalue weighted by molar-refractivity contribution is 5.97. The standard InChI is InChI=1S/C10H16N4O3/c1-3-14-9(7(11)6-13-14)10(16)12-5-4-8(15)17-2/h6H,3-5,11H2,1-2H3,(H,12,16). The lowest BCUT2D eigenvalue weighted by Crippen LogP contribution is -2.29. The van der Waals surface area contributed by atoms with Crippen molar-refractivity contribution in [2.24, 2.45) is 0 Å². The van der Waals surface area contributed by atoms with Crippen molar-refractivity contribution in [2.45, 2.75) is 19.9 Å². The predicted molar refractivity (Wildman–Crippen MR) is 61.3 cm³/mol. The first-order chi connectivity index (χ1) is 8.10. The zero-order valence-electron chi connectivity index (χ0n) is 9.90. The first kappa shape index (κ1) is 13.0. The minimum Gasteiger partial charge on any atom is -0.469 e. The van der Waals surface area contributed by atoms with Gasteiger partial charge in [-0.25, -0.2) is 0 Å². The Morgan fingerprint density at radius 3 is 2.88 bits per heavy atom. The quantitative estimate of drug-likeness (QED) is 0.693. The van der Waals surface area contributed by atoms with Crippen LogP contribution in [0, 0.1) is 0 Å². The molecule has 7 heteroatoms. The van der Waals surface area contributed by atoms with Crippen molar-refractivity contribution in [1.82, 2.24) is 15.1 Å². The maximum absolute atomic E-state index is 11.8. The summed E-state index contributed by atoms with van der Waals surface area (Å²) < 4.78 is 5.96. The third-order valence-corrected chi connectivity index (χ3v) is 2.22. The molecule has 0 aliphatic heterocycles. The summed E-state index contributed by atoms with van der Waals surface area (Å²) in [5, 5.41) is 6.54. The fourth-order valence-corrected chi connectivity index (χ4v) is 1.35. The summed E-state index contributed by atoms with van der Waals surface area (Å²) in [5.41, 5.74) is 6.28. The number of aromatic nitrogens is 2. The van der Waals surface area contributed by atoms with Gasteiger partial charge < -0.3 is 15.8 Å². The van der Waals surface area contributed by atoms with E-state index in [1.54, 1.807) is 0 Å². The third kappa shape index (κ3) is 3.20. The summed E-state index contributed by atoms with van der Waals surface area (Å²) in [4.78, 5) is 22.6. The van der Waals surface area contributed by atoms with E-state index in [4.69, 9.17) is 5.73 Å². The topological polar surface area (TPSA) is 99.2 Å². The highest BCUT2D eigenvalue weighted by Crippen LogP contribution is 2.10. The van der Waals surface area contributed by atoms with E-state index < -0.39 is 0 Å². The minimum atomic E-state index is -0.373. The summed E-state index contributed by atoms with van der Waals surface area (Å²) in [5.74, 6) is -0.715. The smallest absolute Gasteiger partial charge is 0.307 e. The monoisotopic (exact) mass is 240 g/mol. The lowest BCUT2D eigenvalue weighted by atomic mass is 10.3. The Hall–Kier alpha value is -2.05. The zero-order valence-corrected chi connectivity index (χ0v) is 9.90. The van der Waals surface area contributed by atoms with Crippen LogP contribution in [0.3, 0.4) is 0 Å². The molecule has 0 fully saturated rings. The van der Waals surface area contributed by atoms with Gasteiger partial charge in [-0.2, -0.15) is 5.10 Å². The second-order valence-corrected chi connectivity index (χ2v) is 3.35. The van der Waals surface area contributed by atoms with Crippen LogP contribution in [0.25, 0.3) is 0 Å². The first-order valence-electron chi connectivity index (χ1n) is 5.26. The Labute approximate surface area is 98.9 Å². The van der Waals surface area contributed by atoms with Crippen molar-refractivity contribution in [3.8, 4) is 0 Å². The van der Waals surface area contributed by atoms with Gasteiger partial charge in [0.1, 0.15) is 5.69 Å². The van der Waals surface area contributed by atoms with Crippen LogP contribution in [0.2, 0.25) is 0 Å². The average molecular weight is 240 g/mol. The molecule has 0 saturated carbocycles. The van der Waals surface area contributed by atoms with Gasteiger partial charge in [0.15, 0.2) is 0 Å². The van der Waals surface area contributed by atoms with Gasteiger partial charge in [-0.3, -0.25) is 14.3 Å². The van der Waals surface area contributed by atoms with E-state index >= 15 is 0 Å². The molecule has 1 heterocycles. The molecule has 17 heavy (non-hydrogen) atoms. The Kier molecular flexibility index (Phi) is 4.50. The van der Waals surface area contributed by atoms with E-state index in [1.165, 1.54) is 18.0 Å². The second kappa shape index (κ2) is 5.88. The second-order valence-electron chi connectivity index (χ2n) is 3.35. The molecular formula is C10H16N4O3. The van der Waals surface area contributed by atoms with Gasteiger partial charge in [0.2, 0.25) is 0 Å². The molecule has 0 atom stereocenters. The zero-order chi connectivity index (χ0) is 12.8. The van der Waals surface area contributed by atoms with Crippen LogP contribution in [0.15, 0.2) is 6.20 Å². The first-order valence-corrected chi connectivity index (χ1v) is 5.26. The number of nitrogens with one attached hydrogen (secondary N) is 1. The largest absolute Gasteiger partial charge is 0.469 e. The lowest BCUT2D eigenvalue weighted by molar-refractivity contribution is -0.140. The summed E-state index contributed by atoms with van der Waals surface area (Å²) in [6.45, 7) is 2.62. The highest BCUT2D eigenvalue weighted by Gasteiger charge is 2.15. The maximum Gasteiger partial charge on any atom is 0.307 e. The van der Waals surface area contributed by atoms with E-state index in [0.717, 1.165) is 0 Å². The molecule has 7 nitrogen and oxygen atoms in total.